The second-order valence-electron chi connectivity index (χ2n) is 4.45. The summed E-state index contributed by atoms with van der Waals surface area (Å²) in [6.45, 7) is 3.04. The molecule has 1 aliphatic heterocycles. The SMILES string of the molecule is Cl.c1ccc2sc(OCC3CCNCC3)nc2c1. The number of nitrogens with one attached hydrogen (secondary N) is 1. The van der Waals surface area contributed by atoms with Crippen LogP contribution >= 0.6 is 23.7 Å². The summed E-state index contributed by atoms with van der Waals surface area (Å²) in [7, 11) is 0. The summed E-state index contributed by atoms with van der Waals surface area (Å²) >= 11 is 1.64. The maximum Gasteiger partial charge on any atom is 0.274 e. The average Bonchev–Trinajstić information content (AvgIpc) is 2.80. The van der Waals surface area contributed by atoms with E-state index in [4.69, 9.17) is 4.74 Å². The maximum atomic E-state index is 5.81. The smallest absolute Gasteiger partial charge is 0.274 e. The molecule has 3 nitrogen and oxygen atoms in total. The largest absolute Gasteiger partial charge is 0.470 e. The van der Waals surface area contributed by atoms with Crippen molar-refractivity contribution in [2.24, 2.45) is 5.92 Å². The Morgan fingerprint density at radius 2 is 2.06 bits per heavy atom. The highest BCUT2D eigenvalue weighted by molar-refractivity contribution is 7.20. The second kappa shape index (κ2) is 6.36. The molecule has 1 aromatic carbocycles. The van der Waals surface area contributed by atoms with Crippen LogP contribution in [0.5, 0.6) is 5.19 Å². The van der Waals surface area contributed by atoms with E-state index in [-0.39, 0.29) is 12.4 Å². The Hall–Kier alpha value is -0.840. The molecule has 2 aromatic rings. The van der Waals surface area contributed by atoms with Gasteiger partial charge in [-0.3, -0.25) is 0 Å². The maximum absolute atomic E-state index is 5.81. The number of hydrogen-bond acceptors (Lipinski definition) is 4. The molecule has 0 radical (unpaired) electrons. The van der Waals surface area contributed by atoms with Crippen LogP contribution in [0.25, 0.3) is 10.2 Å². The predicted molar refractivity (Wildman–Crippen MR) is 78.0 cm³/mol. The van der Waals surface area contributed by atoms with Crippen molar-refractivity contribution in [1.29, 1.82) is 0 Å². The molecule has 1 aliphatic rings. The van der Waals surface area contributed by atoms with Gasteiger partial charge in [-0.2, -0.15) is 0 Å². The van der Waals surface area contributed by atoms with E-state index in [1.54, 1.807) is 11.3 Å². The lowest BCUT2D eigenvalue weighted by atomic mass is 9.99. The van der Waals surface area contributed by atoms with Crippen LogP contribution in [0, 0.1) is 5.92 Å². The molecule has 1 N–H and O–H groups in total. The summed E-state index contributed by atoms with van der Waals surface area (Å²) in [5.41, 5.74) is 1.04. The number of piperidine rings is 1. The summed E-state index contributed by atoms with van der Waals surface area (Å²) in [4.78, 5) is 4.48. The molecular weight excluding hydrogens is 268 g/mol. The Bertz CT molecular complexity index is 463. The fourth-order valence-electron chi connectivity index (χ4n) is 2.15. The van der Waals surface area contributed by atoms with Gasteiger partial charge in [-0.1, -0.05) is 23.5 Å². The van der Waals surface area contributed by atoms with Gasteiger partial charge in [0.15, 0.2) is 0 Å². The fourth-order valence-corrected chi connectivity index (χ4v) is 2.97. The van der Waals surface area contributed by atoms with Gasteiger partial charge < -0.3 is 10.1 Å². The van der Waals surface area contributed by atoms with Gasteiger partial charge in [0.05, 0.1) is 16.8 Å². The van der Waals surface area contributed by atoms with E-state index in [0.29, 0.717) is 5.92 Å². The average molecular weight is 285 g/mol. The minimum atomic E-state index is 0. The Kier molecular flexibility index (Phi) is 4.80. The zero-order valence-corrected chi connectivity index (χ0v) is 11.7. The van der Waals surface area contributed by atoms with E-state index in [0.717, 1.165) is 30.4 Å². The standard InChI is InChI=1S/C13H16N2OS.ClH/c1-2-4-12-11(3-1)15-13(17-12)16-9-10-5-7-14-8-6-10;/h1-4,10,14H,5-9H2;1H. The van der Waals surface area contributed by atoms with Gasteiger partial charge in [0.1, 0.15) is 0 Å². The lowest BCUT2D eigenvalue weighted by molar-refractivity contribution is 0.215. The Morgan fingerprint density at radius 3 is 2.83 bits per heavy atom. The quantitative estimate of drug-likeness (QED) is 0.940. The van der Waals surface area contributed by atoms with Crippen molar-refractivity contribution < 1.29 is 4.74 Å². The van der Waals surface area contributed by atoms with Crippen LogP contribution < -0.4 is 10.1 Å². The van der Waals surface area contributed by atoms with Crippen LogP contribution in [0.3, 0.4) is 0 Å². The van der Waals surface area contributed by atoms with Gasteiger partial charge >= 0.3 is 0 Å². The number of benzene rings is 1. The Morgan fingerprint density at radius 1 is 1.28 bits per heavy atom. The third-order valence-corrected chi connectivity index (χ3v) is 4.12. The van der Waals surface area contributed by atoms with E-state index >= 15 is 0 Å². The molecule has 1 aromatic heterocycles. The first-order valence-corrected chi connectivity index (χ1v) is 6.92. The number of thiazole rings is 1. The monoisotopic (exact) mass is 284 g/mol. The van der Waals surface area contributed by atoms with Crippen molar-refractivity contribution in [3.8, 4) is 5.19 Å². The van der Waals surface area contributed by atoms with E-state index in [1.807, 2.05) is 18.2 Å². The number of halogens is 1. The summed E-state index contributed by atoms with van der Waals surface area (Å²) in [6, 6.07) is 8.17. The van der Waals surface area contributed by atoms with Gasteiger partial charge in [-0.15, -0.1) is 12.4 Å². The molecule has 0 amide bonds. The molecule has 2 heterocycles. The van der Waals surface area contributed by atoms with E-state index in [1.165, 1.54) is 17.5 Å². The van der Waals surface area contributed by atoms with Crippen molar-refractivity contribution in [3.63, 3.8) is 0 Å². The Labute approximate surface area is 117 Å². The number of para-hydroxylation sites is 1. The molecule has 0 aliphatic carbocycles. The summed E-state index contributed by atoms with van der Waals surface area (Å²) in [5, 5.41) is 4.18. The minimum absolute atomic E-state index is 0. The molecule has 0 atom stereocenters. The number of hydrogen-bond donors (Lipinski definition) is 1. The van der Waals surface area contributed by atoms with Gasteiger partial charge in [-0.25, -0.2) is 4.98 Å². The highest BCUT2D eigenvalue weighted by atomic mass is 35.5. The number of rotatable bonds is 3. The molecule has 0 bridgehead atoms. The first-order valence-electron chi connectivity index (χ1n) is 6.11. The number of fused-ring (bicyclic) bond motifs is 1. The Balaban J connectivity index is 0.00000120. The topological polar surface area (TPSA) is 34.1 Å². The molecule has 0 spiro atoms. The third kappa shape index (κ3) is 3.13. The minimum Gasteiger partial charge on any atom is -0.470 e. The van der Waals surface area contributed by atoms with E-state index < -0.39 is 0 Å². The normalized spacial score (nSPS) is 16.4. The molecule has 0 unspecified atom stereocenters. The van der Waals surface area contributed by atoms with Crippen molar-refractivity contribution in [2.45, 2.75) is 12.8 Å². The van der Waals surface area contributed by atoms with E-state index in [2.05, 4.69) is 16.4 Å². The first-order chi connectivity index (χ1) is 8.42. The van der Waals surface area contributed by atoms with Crippen LogP contribution in [-0.4, -0.2) is 24.7 Å². The molecule has 5 heteroatoms. The molecule has 1 fully saturated rings. The zero-order chi connectivity index (χ0) is 11.5. The molecule has 1 saturated heterocycles. The number of ether oxygens (including phenoxy) is 1. The van der Waals surface area contributed by atoms with Gasteiger partial charge in [0.25, 0.3) is 5.19 Å². The lowest BCUT2D eigenvalue weighted by Crippen LogP contribution is -2.30. The fraction of sp³-hybridized carbons (Fsp3) is 0.462. The van der Waals surface area contributed by atoms with Crippen LogP contribution in [0.4, 0.5) is 0 Å². The van der Waals surface area contributed by atoms with Crippen molar-refractivity contribution >= 4 is 34.0 Å². The lowest BCUT2D eigenvalue weighted by Gasteiger charge is -2.21. The van der Waals surface area contributed by atoms with Crippen molar-refractivity contribution in [2.75, 3.05) is 19.7 Å². The molecule has 18 heavy (non-hydrogen) atoms. The molecule has 98 valence electrons. The molecular formula is C13H17ClN2OS. The first kappa shape index (κ1) is 13.6. The predicted octanol–water partition coefficient (Wildman–Crippen LogP) is 3.10. The third-order valence-electron chi connectivity index (χ3n) is 3.18. The van der Waals surface area contributed by atoms with Crippen LogP contribution in [-0.2, 0) is 0 Å². The number of aromatic nitrogens is 1. The molecule has 3 rings (SSSR count). The van der Waals surface area contributed by atoms with Gasteiger partial charge in [-0.05, 0) is 44.0 Å². The van der Waals surface area contributed by atoms with Gasteiger partial charge in [0.2, 0.25) is 0 Å². The zero-order valence-electron chi connectivity index (χ0n) is 10.1. The summed E-state index contributed by atoms with van der Waals surface area (Å²) < 4.78 is 7.01. The molecule has 0 saturated carbocycles. The number of nitrogens with zero attached hydrogens (tertiary/aromatic N) is 1. The van der Waals surface area contributed by atoms with Crippen LogP contribution in [0.2, 0.25) is 0 Å². The second-order valence-corrected chi connectivity index (χ2v) is 5.45. The van der Waals surface area contributed by atoms with Crippen molar-refractivity contribution in [1.82, 2.24) is 10.3 Å². The van der Waals surface area contributed by atoms with E-state index in [9.17, 15) is 0 Å². The summed E-state index contributed by atoms with van der Waals surface area (Å²) in [6.07, 6.45) is 2.43. The summed E-state index contributed by atoms with van der Waals surface area (Å²) in [5.74, 6) is 0.684. The van der Waals surface area contributed by atoms with Crippen LogP contribution in [0.15, 0.2) is 24.3 Å². The van der Waals surface area contributed by atoms with Gasteiger partial charge in [0, 0.05) is 0 Å². The highest BCUT2D eigenvalue weighted by Gasteiger charge is 2.14. The van der Waals surface area contributed by atoms with Crippen LogP contribution in [0.1, 0.15) is 12.8 Å². The van der Waals surface area contributed by atoms with Crippen molar-refractivity contribution in [3.05, 3.63) is 24.3 Å². The highest BCUT2D eigenvalue weighted by Crippen LogP contribution is 2.28.